The Morgan fingerprint density at radius 3 is 2.30 bits per heavy atom. The minimum atomic E-state index is -0.275. The number of hydrogen-bond acceptors (Lipinski definition) is 4. The summed E-state index contributed by atoms with van der Waals surface area (Å²) < 4.78 is 2.54. The summed E-state index contributed by atoms with van der Waals surface area (Å²) in [5, 5.41) is 15.0. The lowest BCUT2D eigenvalue weighted by Gasteiger charge is -2.25. The van der Waals surface area contributed by atoms with E-state index in [-0.39, 0.29) is 10.2 Å². The van der Waals surface area contributed by atoms with Gasteiger partial charge in [-0.2, -0.15) is 4.80 Å². The molecule has 0 atom stereocenters. The van der Waals surface area contributed by atoms with Gasteiger partial charge < -0.3 is 4.57 Å². The number of halogens is 1. The van der Waals surface area contributed by atoms with E-state index in [2.05, 4.69) is 91.9 Å². The fourth-order valence-corrected chi connectivity index (χ4v) is 5.40. The monoisotopic (exact) mass is 481 g/mol. The Labute approximate surface area is 205 Å². The van der Waals surface area contributed by atoms with Gasteiger partial charge >= 0.3 is 0 Å². The van der Waals surface area contributed by atoms with Gasteiger partial charge in [-0.3, -0.25) is 0 Å². The van der Waals surface area contributed by atoms with Gasteiger partial charge in [-0.25, -0.2) is 0 Å². The lowest BCUT2D eigenvalue weighted by molar-refractivity contribution is 0.465. The summed E-state index contributed by atoms with van der Waals surface area (Å²) in [5.41, 5.74) is 4.77. The van der Waals surface area contributed by atoms with Crippen molar-refractivity contribution < 1.29 is 0 Å². The van der Waals surface area contributed by atoms with E-state index in [9.17, 15) is 0 Å². The SMILES string of the molecule is Cc1ccc2c(c1)c(SC(C)(C)C)c(CC(C)(C)c1nnn(C)n1)n2Cc1ccc(Cl)cc1. The number of rotatable bonds is 6. The minimum Gasteiger partial charge on any atom is -0.339 e. The van der Waals surface area contributed by atoms with Gasteiger partial charge in [0.2, 0.25) is 0 Å². The average molecular weight is 482 g/mol. The first-order valence-corrected chi connectivity index (χ1v) is 12.4. The summed E-state index contributed by atoms with van der Waals surface area (Å²) in [6, 6.07) is 14.9. The predicted molar refractivity (Wildman–Crippen MR) is 138 cm³/mol. The Morgan fingerprint density at radius 2 is 1.70 bits per heavy atom. The van der Waals surface area contributed by atoms with E-state index in [1.54, 1.807) is 0 Å². The third kappa shape index (κ3) is 5.28. The molecule has 5 nitrogen and oxygen atoms in total. The molecule has 0 amide bonds. The topological polar surface area (TPSA) is 48.5 Å². The zero-order valence-electron chi connectivity index (χ0n) is 20.5. The maximum atomic E-state index is 6.16. The van der Waals surface area contributed by atoms with Crippen LogP contribution in [0.25, 0.3) is 10.9 Å². The van der Waals surface area contributed by atoms with Gasteiger partial charge in [-0.15, -0.1) is 22.0 Å². The highest BCUT2D eigenvalue weighted by atomic mass is 35.5. The molecule has 0 aliphatic heterocycles. The Hall–Kier alpha value is -2.31. The Bertz CT molecular complexity index is 1280. The number of aryl methyl sites for hydroxylation is 2. The van der Waals surface area contributed by atoms with Crippen LogP contribution in [0.15, 0.2) is 47.4 Å². The Kier molecular flexibility index (Phi) is 6.36. The van der Waals surface area contributed by atoms with Crippen LogP contribution in [0, 0.1) is 6.92 Å². The molecule has 2 aromatic carbocycles. The fraction of sp³-hybridized carbons (Fsp3) is 0.423. The smallest absolute Gasteiger partial charge is 0.180 e. The first-order valence-electron chi connectivity index (χ1n) is 11.2. The van der Waals surface area contributed by atoms with Crippen molar-refractivity contribution in [1.82, 2.24) is 24.8 Å². The maximum Gasteiger partial charge on any atom is 0.180 e. The van der Waals surface area contributed by atoms with Gasteiger partial charge in [0.05, 0.1) is 7.05 Å². The van der Waals surface area contributed by atoms with Crippen LogP contribution in [-0.4, -0.2) is 29.5 Å². The number of tetrazole rings is 1. The summed E-state index contributed by atoms with van der Waals surface area (Å²) in [6.45, 7) is 14.2. The molecule has 33 heavy (non-hydrogen) atoms. The molecular weight excluding hydrogens is 450 g/mol. The van der Waals surface area contributed by atoms with Gasteiger partial charge in [-0.1, -0.05) is 70.0 Å². The molecule has 174 valence electrons. The first-order chi connectivity index (χ1) is 15.4. The molecule has 0 bridgehead atoms. The normalized spacial score (nSPS) is 12.6. The molecule has 0 saturated heterocycles. The summed E-state index contributed by atoms with van der Waals surface area (Å²) in [4.78, 5) is 2.88. The quantitative estimate of drug-likeness (QED) is 0.291. The van der Waals surface area contributed by atoms with Crippen molar-refractivity contribution >= 4 is 34.3 Å². The second-order valence-electron chi connectivity index (χ2n) is 10.4. The Balaban J connectivity index is 1.92. The molecular formula is C26H32ClN5S. The van der Waals surface area contributed by atoms with Gasteiger partial charge in [0.25, 0.3) is 0 Å². The van der Waals surface area contributed by atoms with E-state index in [1.165, 1.54) is 37.4 Å². The van der Waals surface area contributed by atoms with Crippen molar-refractivity contribution in [2.45, 2.75) is 69.6 Å². The number of benzene rings is 2. The third-order valence-corrected chi connectivity index (χ3v) is 7.18. The zero-order chi connectivity index (χ0) is 24.0. The second-order valence-corrected chi connectivity index (χ2v) is 12.7. The number of fused-ring (bicyclic) bond motifs is 1. The van der Waals surface area contributed by atoms with Crippen LogP contribution in [0.3, 0.4) is 0 Å². The zero-order valence-corrected chi connectivity index (χ0v) is 22.1. The van der Waals surface area contributed by atoms with Crippen molar-refractivity contribution in [2.75, 3.05) is 0 Å². The molecule has 0 aliphatic rings. The van der Waals surface area contributed by atoms with E-state index in [0.29, 0.717) is 0 Å². The van der Waals surface area contributed by atoms with Crippen LogP contribution in [0.2, 0.25) is 5.02 Å². The maximum absolute atomic E-state index is 6.16. The number of nitrogens with zero attached hydrogens (tertiary/aromatic N) is 5. The van der Waals surface area contributed by atoms with E-state index in [4.69, 9.17) is 11.6 Å². The lowest BCUT2D eigenvalue weighted by atomic mass is 9.87. The van der Waals surface area contributed by atoms with Crippen molar-refractivity contribution in [3.63, 3.8) is 0 Å². The standard InChI is InChI=1S/C26H32ClN5S/c1-17-8-13-21-20(14-17)23(33-25(2,3)4)22(15-26(5,6)24-28-30-31(7)29-24)32(21)16-18-9-11-19(27)12-10-18/h8-14H,15-16H2,1-7H3. The van der Waals surface area contributed by atoms with E-state index >= 15 is 0 Å². The van der Waals surface area contributed by atoms with Crippen LogP contribution >= 0.6 is 23.4 Å². The molecule has 2 heterocycles. The van der Waals surface area contributed by atoms with Crippen LogP contribution < -0.4 is 0 Å². The predicted octanol–water partition coefficient (Wildman–Crippen LogP) is 6.59. The van der Waals surface area contributed by atoms with Crippen molar-refractivity contribution in [2.24, 2.45) is 7.05 Å². The van der Waals surface area contributed by atoms with Crippen LogP contribution in [0.4, 0.5) is 0 Å². The molecule has 0 aliphatic carbocycles. The van der Waals surface area contributed by atoms with Crippen LogP contribution in [-0.2, 0) is 25.4 Å². The van der Waals surface area contributed by atoms with Gasteiger partial charge in [0.15, 0.2) is 5.82 Å². The van der Waals surface area contributed by atoms with E-state index in [0.717, 1.165) is 23.8 Å². The Morgan fingerprint density at radius 1 is 1.00 bits per heavy atom. The van der Waals surface area contributed by atoms with Crippen LogP contribution in [0.5, 0.6) is 0 Å². The summed E-state index contributed by atoms with van der Waals surface area (Å²) >= 11 is 8.10. The molecule has 0 fully saturated rings. The average Bonchev–Trinajstić information content (AvgIpc) is 3.26. The molecule has 0 radical (unpaired) electrons. The highest BCUT2D eigenvalue weighted by molar-refractivity contribution is 8.00. The fourth-order valence-electron chi connectivity index (χ4n) is 4.09. The molecule has 0 N–H and O–H groups in total. The number of hydrogen-bond donors (Lipinski definition) is 0. The minimum absolute atomic E-state index is 0.0762. The van der Waals surface area contributed by atoms with Crippen molar-refractivity contribution in [1.29, 1.82) is 0 Å². The highest BCUT2D eigenvalue weighted by Gasteiger charge is 2.32. The summed E-state index contributed by atoms with van der Waals surface area (Å²) in [6.07, 6.45) is 0.804. The van der Waals surface area contributed by atoms with Crippen LogP contribution in [0.1, 0.15) is 57.3 Å². The van der Waals surface area contributed by atoms with Gasteiger partial charge in [0, 0.05) is 49.6 Å². The summed E-state index contributed by atoms with van der Waals surface area (Å²) in [5.74, 6) is 0.760. The highest BCUT2D eigenvalue weighted by Crippen LogP contribution is 2.43. The van der Waals surface area contributed by atoms with Crippen molar-refractivity contribution in [3.05, 3.63) is 70.1 Å². The summed E-state index contributed by atoms with van der Waals surface area (Å²) in [7, 11) is 1.81. The van der Waals surface area contributed by atoms with Gasteiger partial charge in [0.1, 0.15) is 0 Å². The molecule has 7 heteroatoms. The van der Waals surface area contributed by atoms with E-state index in [1.807, 2.05) is 30.9 Å². The van der Waals surface area contributed by atoms with Gasteiger partial charge in [-0.05, 0) is 42.0 Å². The van der Waals surface area contributed by atoms with E-state index < -0.39 is 0 Å². The first kappa shape index (κ1) is 23.8. The molecule has 0 unspecified atom stereocenters. The molecule has 4 aromatic rings. The lowest BCUT2D eigenvalue weighted by Crippen LogP contribution is -2.25. The largest absolute Gasteiger partial charge is 0.339 e. The number of aromatic nitrogens is 5. The molecule has 0 spiro atoms. The second kappa shape index (κ2) is 8.80. The van der Waals surface area contributed by atoms with Crippen molar-refractivity contribution in [3.8, 4) is 0 Å². The number of thioether (sulfide) groups is 1. The molecule has 0 saturated carbocycles. The molecule has 4 rings (SSSR count). The third-order valence-electron chi connectivity index (χ3n) is 5.66. The molecule has 2 aromatic heterocycles.